The number of nitrogens with two attached hydrogens (primary N) is 1. The Morgan fingerprint density at radius 2 is 2.00 bits per heavy atom. The highest BCUT2D eigenvalue weighted by molar-refractivity contribution is 5.81. The van der Waals surface area contributed by atoms with E-state index in [0.29, 0.717) is 23.6 Å². The fraction of sp³-hybridized carbons (Fsp3) is 0.615. The summed E-state index contributed by atoms with van der Waals surface area (Å²) in [5.41, 5.74) is 6.98. The molecular formula is C13H21N5O3. The highest BCUT2D eigenvalue weighted by atomic mass is 16.6. The zero-order valence-electron chi connectivity index (χ0n) is 12.7. The van der Waals surface area contributed by atoms with E-state index in [-0.39, 0.29) is 18.4 Å². The van der Waals surface area contributed by atoms with Crippen LogP contribution in [0.1, 0.15) is 20.1 Å². The molecule has 8 heteroatoms. The Labute approximate surface area is 123 Å². The first-order valence-electron chi connectivity index (χ1n) is 6.68. The smallest absolute Gasteiger partial charge is 0.167 e. The van der Waals surface area contributed by atoms with Crippen molar-refractivity contribution in [2.45, 2.75) is 32.3 Å². The molecule has 0 amide bonds. The molecule has 2 unspecified atom stereocenters. The summed E-state index contributed by atoms with van der Waals surface area (Å²) in [6.45, 7) is 4.27. The van der Waals surface area contributed by atoms with Crippen LogP contribution in [0.25, 0.3) is 11.2 Å². The van der Waals surface area contributed by atoms with Gasteiger partial charge in [-0.1, -0.05) is 0 Å². The molecule has 0 aromatic carbocycles. The highest BCUT2D eigenvalue weighted by Crippen LogP contribution is 2.21. The molecule has 0 radical (unpaired) electrons. The number of hydrogen-bond donors (Lipinski definition) is 1. The van der Waals surface area contributed by atoms with Crippen LogP contribution in [0.5, 0.6) is 0 Å². The number of anilines is 1. The van der Waals surface area contributed by atoms with Crippen LogP contribution in [0.15, 0.2) is 12.7 Å². The summed E-state index contributed by atoms with van der Waals surface area (Å²) in [7, 11) is 3.27. The van der Waals surface area contributed by atoms with Crippen molar-refractivity contribution in [3.05, 3.63) is 12.7 Å². The standard InChI is InChI=1S/C13H21N5O3/c1-8(20-4)10(5-19-3)21-9(2)18-7-17-11-12(14)15-6-16-13(11)18/h6-10H,5H2,1-4H3,(H2,14,15,16)/t8?,9?,10-/m0/s1. The Morgan fingerprint density at radius 3 is 2.67 bits per heavy atom. The first-order chi connectivity index (χ1) is 10.1. The summed E-state index contributed by atoms with van der Waals surface area (Å²) in [5.74, 6) is 0.352. The Hall–Kier alpha value is -1.77. The monoisotopic (exact) mass is 295 g/mol. The number of nitrogen functional groups attached to an aromatic ring is 1. The number of nitrogens with zero attached hydrogens (tertiary/aromatic N) is 4. The second kappa shape index (κ2) is 6.79. The Morgan fingerprint density at radius 1 is 1.24 bits per heavy atom. The summed E-state index contributed by atoms with van der Waals surface area (Å²) in [6.07, 6.45) is 2.46. The van der Waals surface area contributed by atoms with Crippen molar-refractivity contribution < 1.29 is 14.2 Å². The first-order valence-corrected chi connectivity index (χ1v) is 6.68. The van der Waals surface area contributed by atoms with E-state index in [0.717, 1.165) is 0 Å². The molecule has 116 valence electrons. The SMILES string of the molecule is COC[C@H](OC(C)n1cnc2c(N)ncnc21)C(C)OC. The van der Waals surface area contributed by atoms with E-state index >= 15 is 0 Å². The molecule has 0 saturated carbocycles. The van der Waals surface area contributed by atoms with Crippen LogP contribution in [-0.2, 0) is 14.2 Å². The minimum Gasteiger partial charge on any atom is -0.382 e. The van der Waals surface area contributed by atoms with Crippen molar-refractivity contribution in [1.82, 2.24) is 19.5 Å². The highest BCUT2D eigenvalue weighted by Gasteiger charge is 2.22. The maximum atomic E-state index is 6.01. The number of fused-ring (bicyclic) bond motifs is 1. The quantitative estimate of drug-likeness (QED) is 0.813. The summed E-state index contributed by atoms with van der Waals surface area (Å²) in [6, 6.07) is 0. The number of imidazole rings is 1. The molecule has 3 atom stereocenters. The normalized spacial score (nSPS) is 16.0. The number of aromatic nitrogens is 4. The fourth-order valence-corrected chi connectivity index (χ4v) is 2.06. The van der Waals surface area contributed by atoms with Gasteiger partial charge in [0, 0.05) is 14.2 Å². The molecule has 0 aliphatic rings. The zero-order chi connectivity index (χ0) is 15.4. The van der Waals surface area contributed by atoms with Gasteiger partial charge in [0.05, 0.1) is 19.0 Å². The van der Waals surface area contributed by atoms with Crippen molar-refractivity contribution in [1.29, 1.82) is 0 Å². The minimum absolute atomic E-state index is 0.0955. The van der Waals surface area contributed by atoms with Gasteiger partial charge >= 0.3 is 0 Å². The van der Waals surface area contributed by atoms with Crippen molar-refractivity contribution in [3.8, 4) is 0 Å². The lowest BCUT2D eigenvalue weighted by Gasteiger charge is -2.26. The van der Waals surface area contributed by atoms with Gasteiger partial charge in [0.2, 0.25) is 0 Å². The second-order valence-corrected chi connectivity index (χ2v) is 4.75. The minimum atomic E-state index is -0.290. The van der Waals surface area contributed by atoms with E-state index in [4.69, 9.17) is 19.9 Å². The molecule has 2 aromatic rings. The number of ether oxygens (including phenoxy) is 3. The van der Waals surface area contributed by atoms with Gasteiger partial charge in [-0.2, -0.15) is 0 Å². The summed E-state index contributed by atoms with van der Waals surface area (Å²) in [4.78, 5) is 12.4. The maximum Gasteiger partial charge on any atom is 0.167 e. The molecule has 2 N–H and O–H groups in total. The van der Waals surface area contributed by atoms with Crippen molar-refractivity contribution >= 4 is 17.0 Å². The third-order valence-corrected chi connectivity index (χ3v) is 3.38. The Kier molecular flexibility index (Phi) is 5.05. The van der Waals surface area contributed by atoms with E-state index in [1.54, 1.807) is 25.1 Å². The zero-order valence-corrected chi connectivity index (χ0v) is 12.7. The van der Waals surface area contributed by atoms with Crippen LogP contribution in [-0.4, -0.2) is 52.6 Å². The largest absolute Gasteiger partial charge is 0.382 e. The Balaban J connectivity index is 2.21. The van der Waals surface area contributed by atoms with Crippen LogP contribution in [0.2, 0.25) is 0 Å². The van der Waals surface area contributed by atoms with Gasteiger partial charge in [-0.15, -0.1) is 0 Å². The molecule has 0 aliphatic carbocycles. The van der Waals surface area contributed by atoms with Gasteiger partial charge in [-0.05, 0) is 13.8 Å². The summed E-state index contributed by atoms with van der Waals surface area (Å²) < 4.78 is 18.3. The van der Waals surface area contributed by atoms with E-state index in [2.05, 4.69) is 15.0 Å². The molecule has 21 heavy (non-hydrogen) atoms. The van der Waals surface area contributed by atoms with Gasteiger partial charge in [0.15, 0.2) is 11.5 Å². The lowest BCUT2D eigenvalue weighted by molar-refractivity contribution is -0.124. The van der Waals surface area contributed by atoms with E-state index in [9.17, 15) is 0 Å². The van der Waals surface area contributed by atoms with Crippen LogP contribution in [0, 0.1) is 0 Å². The van der Waals surface area contributed by atoms with Crippen molar-refractivity contribution in [2.75, 3.05) is 26.6 Å². The molecule has 0 saturated heterocycles. The lowest BCUT2D eigenvalue weighted by Crippen LogP contribution is -2.34. The Bertz CT molecular complexity index is 588. The van der Waals surface area contributed by atoms with Crippen molar-refractivity contribution in [2.24, 2.45) is 0 Å². The second-order valence-electron chi connectivity index (χ2n) is 4.75. The van der Waals surface area contributed by atoms with Crippen LogP contribution < -0.4 is 5.73 Å². The molecule has 2 aromatic heterocycles. The van der Waals surface area contributed by atoms with E-state index in [1.807, 2.05) is 13.8 Å². The summed E-state index contributed by atoms with van der Waals surface area (Å²) in [5, 5.41) is 0. The van der Waals surface area contributed by atoms with Crippen LogP contribution in [0.3, 0.4) is 0 Å². The van der Waals surface area contributed by atoms with Gasteiger partial charge < -0.3 is 19.9 Å². The maximum absolute atomic E-state index is 6.01. The van der Waals surface area contributed by atoms with Gasteiger partial charge in [0.1, 0.15) is 24.2 Å². The molecule has 0 fully saturated rings. The number of rotatable bonds is 7. The van der Waals surface area contributed by atoms with Crippen LogP contribution in [0.4, 0.5) is 5.82 Å². The van der Waals surface area contributed by atoms with Gasteiger partial charge in [-0.3, -0.25) is 4.57 Å². The first kappa shape index (κ1) is 15.6. The number of methoxy groups -OCH3 is 2. The average molecular weight is 295 g/mol. The van der Waals surface area contributed by atoms with Gasteiger partial charge in [-0.25, -0.2) is 15.0 Å². The van der Waals surface area contributed by atoms with Crippen LogP contribution >= 0.6 is 0 Å². The fourth-order valence-electron chi connectivity index (χ4n) is 2.06. The predicted molar refractivity (Wildman–Crippen MR) is 77.7 cm³/mol. The number of hydrogen-bond acceptors (Lipinski definition) is 7. The molecular weight excluding hydrogens is 274 g/mol. The molecule has 0 spiro atoms. The topological polar surface area (TPSA) is 97.3 Å². The van der Waals surface area contributed by atoms with Gasteiger partial charge in [0.25, 0.3) is 0 Å². The molecule has 2 rings (SSSR count). The summed E-state index contributed by atoms with van der Waals surface area (Å²) >= 11 is 0. The average Bonchev–Trinajstić information content (AvgIpc) is 2.91. The predicted octanol–water partition coefficient (Wildman–Crippen LogP) is 0.993. The lowest BCUT2D eigenvalue weighted by atomic mass is 10.2. The molecule has 0 bridgehead atoms. The molecule has 2 heterocycles. The van der Waals surface area contributed by atoms with E-state index in [1.165, 1.54) is 6.33 Å². The van der Waals surface area contributed by atoms with Crippen molar-refractivity contribution in [3.63, 3.8) is 0 Å². The van der Waals surface area contributed by atoms with E-state index < -0.39 is 0 Å². The molecule has 0 aliphatic heterocycles. The third kappa shape index (κ3) is 3.29. The third-order valence-electron chi connectivity index (χ3n) is 3.38. The molecule has 8 nitrogen and oxygen atoms in total.